The molecule has 0 aliphatic carbocycles. The molecular weight excluding hydrogens is 446 g/mol. The molecule has 10 nitrogen and oxygen atoms in total. The van der Waals surface area contributed by atoms with E-state index in [9.17, 15) is 9.59 Å². The molecule has 0 heterocycles. The van der Waals surface area contributed by atoms with Gasteiger partial charge >= 0.3 is 6.09 Å². The summed E-state index contributed by atoms with van der Waals surface area (Å²) >= 11 is 0. The fourth-order valence-electron chi connectivity index (χ4n) is 3.41. The summed E-state index contributed by atoms with van der Waals surface area (Å²) in [6, 6.07) is 10.5. The van der Waals surface area contributed by atoms with Crippen molar-refractivity contribution in [3.8, 4) is 0 Å². The number of guanidine groups is 1. The first-order valence-electron chi connectivity index (χ1n) is 12.6. The van der Waals surface area contributed by atoms with Crippen LogP contribution in [0.3, 0.4) is 0 Å². The Labute approximate surface area is 210 Å². The maximum atomic E-state index is 11.8. The minimum Gasteiger partial charge on any atom is -0.439 e. The molecule has 0 aliphatic heterocycles. The maximum Gasteiger partial charge on any atom is 0.407 e. The number of nitrogens with two attached hydrogens (primary N) is 3. The number of hydrogen-bond donors (Lipinski definition) is 5. The smallest absolute Gasteiger partial charge is 0.407 e. The third-order valence-corrected chi connectivity index (χ3v) is 5.36. The summed E-state index contributed by atoms with van der Waals surface area (Å²) in [5.74, 6) is -0.189. The van der Waals surface area contributed by atoms with E-state index in [-0.39, 0.29) is 24.5 Å². The number of aliphatic imine (C=N–C) groups is 1. The van der Waals surface area contributed by atoms with Gasteiger partial charge in [0.15, 0.2) is 12.6 Å². The van der Waals surface area contributed by atoms with Crippen LogP contribution < -0.4 is 27.8 Å². The van der Waals surface area contributed by atoms with E-state index in [1.807, 2.05) is 25.1 Å². The molecule has 1 unspecified atom stereocenters. The highest BCUT2D eigenvalue weighted by molar-refractivity contribution is 5.80. The van der Waals surface area contributed by atoms with E-state index >= 15 is 0 Å². The van der Waals surface area contributed by atoms with Crippen molar-refractivity contribution < 1.29 is 14.3 Å². The molecule has 0 aliphatic rings. The highest BCUT2D eigenvalue weighted by Gasteiger charge is 2.09. The lowest BCUT2D eigenvalue weighted by Crippen LogP contribution is -2.33. The zero-order valence-corrected chi connectivity index (χ0v) is 21.2. The molecule has 0 bridgehead atoms. The van der Waals surface area contributed by atoms with Crippen molar-refractivity contribution in [1.82, 2.24) is 15.5 Å². The van der Waals surface area contributed by atoms with Gasteiger partial charge in [0.2, 0.25) is 0 Å². The molecule has 2 amide bonds. The van der Waals surface area contributed by atoms with Crippen LogP contribution in [0.2, 0.25) is 0 Å². The molecule has 35 heavy (non-hydrogen) atoms. The summed E-state index contributed by atoms with van der Waals surface area (Å²) in [6.45, 7) is 6.17. The lowest BCUT2D eigenvalue weighted by atomic mass is 10.1. The van der Waals surface area contributed by atoms with Crippen molar-refractivity contribution in [2.75, 3.05) is 39.3 Å². The molecule has 1 atom stereocenters. The van der Waals surface area contributed by atoms with Gasteiger partial charge in [0.05, 0.1) is 0 Å². The number of benzene rings is 1. The second kappa shape index (κ2) is 19.5. The molecule has 0 saturated carbocycles. The van der Waals surface area contributed by atoms with Gasteiger partial charge in [0, 0.05) is 32.2 Å². The molecule has 0 spiro atoms. The Kier molecular flexibility index (Phi) is 16.8. The SMILES string of the molecule is CC(N)CCN(CCCCNC(=O)OCC(=O)NCCCCCCN=C(N)N)Cc1ccccc1. The fourth-order valence-corrected chi connectivity index (χ4v) is 3.41. The van der Waals surface area contributed by atoms with E-state index in [1.54, 1.807) is 0 Å². The van der Waals surface area contributed by atoms with Crippen LogP contribution in [-0.2, 0) is 16.1 Å². The van der Waals surface area contributed by atoms with Crippen LogP contribution in [0, 0.1) is 0 Å². The number of ether oxygens (including phenoxy) is 1. The standard InChI is InChI=1S/C25H45N7O3/c1-21(26)13-18-32(19-22-11-5-4-6-12-22)17-10-9-16-31-25(34)35-20-23(33)29-14-7-2-3-8-15-30-24(27)28/h4-6,11-12,21H,2-3,7-10,13-20,26H2,1H3,(H,29,33)(H,31,34)(H4,27,28,30). The number of rotatable bonds is 19. The quantitative estimate of drug-likeness (QED) is 0.112. The summed E-state index contributed by atoms with van der Waals surface area (Å²) in [5.41, 5.74) is 17.7. The minimum atomic E-state index is -0.571. The Hall–Kier alpha value is -2.85. The first-order valence-corrected chi connectivity index (χ1v) is 12.6. The maximum absolute atomic E-state index is 11.8. The number of carbonyl (C=O) groups is 2. The molecule has 1 rings (SSSR count). The average molecular weight is 492 g/mol. The van der Waals surface area contributed by atoms with E-state index in [2.05, 4.69) is 32.7 Å². The Morgan fingerprint density at radius 3 is 2.37 bits per heavy atom. The number of alkyl carbamates (subject to hydrolysis) is 1. The molecule has 8 N–H and O–H groups in total. The summed E-state index contributed by atoms with van der Waals surface area (Å²) in [6.07, 6.45) is 5.86. The number of hydrogen-bond acceptors (Lipinski definition) is 6. The van der Waals surface area contributed by atoms with Crippen LogP contribution in [0.25, 0.3) is 0 Å². The Morgan fingerprint density at radius 1 is 0.971 bits per heavy atom. The van der Waals surface area contributed by atoms with Gasteiger partial charge in [-0.1, -0.05) is 43.2 Å². The molecule has 0 radical (unpaired) electrons. The predicted molar refractivity (Wildman–Crippen MR) is 141 cm³/mol. The van der Waals surface area contributed by atoms with Crippen LogP contribution in [0.15, 0.2) is 35.3 Å². The van der Waals surface area contributed by atoms with Crippen molar-refractivity contribution in [3.05, 3.63) is 35.9 Å². The normalized spacial score (nSPS) is 11.6. The number of amides is 2. The molecule has 198 valence electrons. The molecule has 0 fully saturated rings. The van der Waals surface area contributed by atoms with Gasteiger partial charge in [-0.25, -0.2) is 4.79 Å². The topological polar surface area (TPSA) is 161 Å². The highest BCUT2D eigenvalue weighted by Crippen LogP contribution is 2.07. The van der Waals surface area contributed by atoms with Gasteiger partial charge in [-0.05, 0) is 57.7 Å². The number of nitrogens with zero attached hydrogens (tertiary/aromatic N) is 2. The highest BCUT2D eigenvalue weighted by atomic mass is 16.6. The van der Waals surface area contributed by atoms with Crippen molar-refractivity contribution in [1.29, 1.82) is 0 Å². The third kappa shape index (κ3) is 18.2. The Balaban J connectivity index is 2.08. The van der Waals surface area contributed by atoms with Crippen LogP contribution in [-0.4, -0.2) is 68.2 Å². The van der Waals surface area contributed by atoms with Crippen LogP contribution in [0.5, 0.6) is 0 Å². The number of unbranched alkanes of at least 4 members (excludes halogenated alkanes) is 4. The zero-order valence-electron chi connectivity index (χ0n) is 21.2. The zero-order chi connectivity index (χ0) is 25.7. The average Bonchev–Trinajstić information content (AvgIpc) is 2.82. The van der Waals surface area contributed by atoms with E-state index in [4.69, 9.17) is 21.9 Å². The first kappa shape index (κ1) is 30.2. The van der Waals surface area contributed by atoms with Crippen molar-refractivity contribution in [2.24, 2.45) is 22.2 Å². The summed E-state index contributed by atoms with van der Waals surface area (Å²) in [7, 11) is 0. The molecule has 10 heteroatoms. The van der Waals surface area contributed by atoms with Gasteiger partial charge in [-0.3, -0.25) is 14.7 Å². The third-order valence-electron chi connectivity index (χ3n) is 5.36. The molecule has 0 saturated heterocycles. The second-order valence-corrected chi connectivity index (χ2v) is 8.81. The summed E-state index contributed by atoms with van der Waals surface area (Å²) in [5, 5.41) is 5.46. The van der Waals surface area contributed by atoms with Gasteiger partial charge in [0.25, 0.3) is 5.91 Å². The van der Waals surface area contributed by atoms with Crippen LogP contribution >= 0.6 is 0 Å². The molecule has 1 aromatic carbocycles. The fraction of sp³-hybridized carbons (Fsp3) is 0.640. The molecule has 1 aromatic rings. The lowest BCUT2D eigenvalue weighted by molar-refractivity contribution is -0.123. The van der Waals surface area contributed by atoms with Crippen LogP contribution in [0.4, 0.5) is 4.79 Å². The van der Waals surface area contributed by atoms with E-state index < -0.39 is 6.09 Å². The van der Waals surface area contributed by atoms with E-state index in [1.165, 1.54) is 5.56 Å². The van der Waals surface area contributed by atoms with Gasteiger partial charge in [0.1, 0.15) is 0 Å². The van der Waals surface area contributed by atoms with Crippen molar-refractivity contribution in [3.63, 3.8) is 0 Å². The minimum absolute atomic E-state index is 0.111. The largest absolute Gasteiger partial charge is 0.439 e. The predicted octanol–water partition coefficient (Wildman–Crippen LogP) is 1.68. The summed E-state index contributed by atoms with van der Waals surface area (Å²) < 4.78 is 4.98. The van der Waals surface area contributed by atoms with Gasteiger partial charge in [-0.15, -0.1) is 0 Å². The summed E-state index contributed by atoms with van der Waals surface area (Å²) in [4.78, 5) is 29.9. The van der Waals surface area contributed by atoms with Crippen molar-refractivity contribution in [2.45, 2.75) is 64.5 Å². The van der Waals surface area contributed by atoms with E-state index in [0.29, 0.717) is 19.6 Å². The Morgan fingerprint density at radius 2 is 1.66 bits per heavy atom. The van der Waals surface area contributed by atoms with Gasteiger partial charge < -0.3 is 32.6 Å². The number of carbonyl (C=O) groups excluding carboxylic acids is 2. The Bertz CT molecular complexity index is 725. The molecular formula is C25H45N7O3. The van der Waals surface area contributed by atoms with Crippen molar-refractivity contribution >= 4 is 18.0 Å². The lowest BCUT2D eigenvalue weighted by Gasteiger charge is -2.23. The van der Waals surface area contributed by atoms with Gasteiger partial charge in [-0.2, -0.15) is 0 Å². The molecule has 0 aromatic heterocycles. The number of nitrogens with one attached hydrogen (secondary N) is 2. The monoisotopic (exact) mass is 491 g/mol. The van der Waals surface area contributed by atoms with Crippen LogP contribution in [0.1, 0.15) is 57.4 Å². The first-order chi connectivity index (χ1) is 16.9. The second-order valence-electron chi connectivity index (χ2n) is 8.81. The van der Waals surface area contributed by atoms with E-state index in [0.717, 1.165) is 64.6 Å².